The summed E-state index contributed by atoms with van der Waals surface area (Å²) in [6.07, 6.45) is 24.0. The van der Waals surface area contributed by atoms with Crippen LogP contribution in [0.5, 0.6) is 0 Å². The van der Waals surface area contributed by atoms with Crippen LogP contribution in [0.4, 0.5) is 0 Å². The van der Waals surface area contributed by atoms with E-state index in [-0.39, 0.29) is 11.4 Å². The van der Waals surface area contributed by atoms with Crippen molar-refractivity contribution in [2.24, 2.45) is 5.41 Å². The maximum absolute atomic E-state index is 12.0. The SMILES string of the molecule is COC(=O)/C=C/C(C)=C/C=C/C=C(C)/C=C/C=C(C)/C=C/C1(O)C(C)(C)CCCC1(C)O[Si](C)(C)C. The van der Waals surface area contributed by atoms with Crippen molar-refractivity contribution >= 4 is 14.3 Å². The minimum absolute atomic E-state index is 0.278. The number of allylic oxidation sites excluding steroid dienone is 12. The number of ether oxygens (including phenoxy) is 1. The first-order valence-corrected chi connectivity index (χ1v) is 16.2. The first-order valence-electron chi connectivity index (χ1n) is 12.8. The number of hydrogen-bond donors (Lipinski definition) is 1. The summed E-state index contributed by atoms with van der Waals surface area (Å²) in [5.41, 5.74) is 1.21. The van der Waals surface area contributed by atoms with E-state index in [1.165, 1.54) is 13.2 Å². The number of carbonyl (C=O) groups excluding carboxylic acids is 1. The molecule has 0 radical (unpaired) electrons. The number of esters is 1. The van der Waals surface area contributed by atoms with Crippen molar-refractivity contribution in [1.82, 2.24) is 0 Å². The van der Waals surface area contributed by atoms with Crippen molar-refractivity contribution in [3.05, 3.63) is 83.6 Å². The Bertz CT molecular complexity index is 969. The normalized spacial score (nSPS) is 26.6. The molecule has 36 heavy (non-hydrogen) atoms. The van der Waals surface area contributed by atoms with Gasteiger partial charge in [-0.15, -0.1) is 0 Å². The van der Waals surface area contributed by atoms with E-state index in [9.17, 15) is 9.90 Å². The fourth-order valence-corrected chi connectivity index (χ4v) is 6.23. The van der Waals surface area contributed by atoms with Crippen LogP contribution in [-0.2, 0) is 14.0 Å². The molecule has 0 heterocycles. The molecule has 1 rings (SSSR count). The standard InChI is InChI=1S/C31H48O4Si/c1-25(15-11-12-16-26(2)19-20-28(32)34-7)17-13-18-27(3)21-24-31(33)29(4,5)22-14-23-30(31,6)35-36(8,9)10/h11-13,15-21,24,33H,14,22-23H2,1-10H3/b12-11+,17-13+,20-19+,24-21+,25-15+,26-16+,27-18+. The molecule has 1 aliphatic carbocycles. The largest absolute Gasteiger partial charge is 0.466 e. The second-order valence-corrected chi connectivity index (χ2v) is 16.0. The monoisotopic (exact) mass is 512 g/mol. The summed E-state index contributed by atoms with van der Waals surface area (Å²) in [5, 5.41) is 12.0. The molecule has 2 atom stereocenters. The van der Waals surface area contributed by atoms with Gasteiger partial charge in [-0.05, 0) is 78.1 Å². The van der Waals surface area contributed by atoms with Crippen LogP contribution >= 0.6 is 0 Å². The number of hydrogen-bond acceptors (Lipinski definition) is 4. The van der Waals surface area contributed by atoms with Crippen LogP contribution in [0.15, 0.2) is 83.6 Å². The lowest BCUT2D eigenvalue weighted by atomic mass is 9.58. The Morgan fingerprint density at radius 3 is 1.89 bits per heavy atom. The third-order valence-corrected chi connectivity index (χ3v) is 7.71. The van der Waals surface area contributed by atoms with Gasteiger partial charge in [0.25, 0.3) is 0 Å². The van der Waals surface area contributed by atoms with Crippen LogP contribution in [0.3, 0.4) is 0 Å². The second kappa shape index (κ2) is 13.4. The molecule has 0 aromatic heterocycles. The van der Waals surface area contributed by atoms with Gasteiger partial charge in [0.2, 0.25) is 0 Å². The van der Waals surface area contributed by atoms with Crippen molar-refractivity contribution in [1.29, 1.82) is 0 Å². The summed E-state index contributed by atoms with van der Waals surface area (Å²) in [4.78, 5) is 11.1. The Labute approximate surface area is 221 Å². The molecule has 0 aliphatic heterocycles. The maximum atomic E-state index is 12.0. The van der Waals surface area contributed by atoms with Gasteiger partial charge in [-0.3, -0.25) is 0 Å². The first kappa shape index (κ1) is 31.8. The minimum atomic E-state index is -1.85. The number of aliphatic hydroxyl groups is 1. The van der Waals surface area contributed by atoms with Gasteiger partial charge in [0.15, 0.2) is 8.32 Å². The van der Waals surface area contributed by atoms with Gasteiger partial charge < -0.3 is 14.3 Å². The summed E-state index contributed by atoms with van der Waals surface area (Å²) >= 11 is 0. The zero-order valence-electron chi connectivity index (χ0n) is 24.1. The number of carbonyl (C=O) groups is 1. The quantitative estimate of drug-likeness (QED) is 0.141. The third kappa shape index (κ3) is 9.68. The van der Waals surface area contributed by atoms with Gasteiger partial charge in [0.05, 0.1) is 12.7 Å². The highest BCUT2D eigenvalue weighted by Gasteiger charge is 2.58. The zero-order chi connectivity index (χ0) is 27.6. The van der Waals surface area contributed by atoms with Crippen LogP contribution in [0, 0.1) is 5.41 Å². The molecule has 0 aromatic rings. The Morgan fingerprint density at radius 1 is 0.806 bits per heavy atom. The molecule has 200 valence electrons. The van der Waals surface area contributed by atoms with Crippen LogP contribution in [0.1, 0.15) is 60.8 Å². The van der Waals surface area contributed by atoms with Crippen molar-refractivity contribution in [2.75, 3.05) is 7.11 Å². The smallest absolute Gasteiger partial charge is 0.330 e. The van der Waals surface area contributed by atoms with E-state index >= 15 is 0 Å². The number of methoxy groups -OCH3 is 1. The zero-order valence-corrected chi connectivity index (χ0v) is 25.1. The molecule has 5 heteroatoms. The molecule has 0 amide bonds. The van der Waals surface area contributed by atoms with Crippen molar-refractivity contribution in [2.45, 2.75) is 91.6 Å². The summed E-state index contributed by atoms with van der Waals surface area (Å²) < 4.78 is 11.2. The molecule has 2 unspecified atom stereocenters. The Balaban J connectivity index is 2.93. The Morgan fingerprint density at radius 2 is 1.33 bits per heavy atom. The van der Waals surface area contributed by atoms with E-state index < -0.39 is 19.5 Å². The Hall–Kier alpha value is -2.21. The second-order valence-electron chi connectivity index (χ2n) is 11.6. The van der Waals surface area contributed by atoms with Crippen LogP contribution in [0.25, 0.3) is 0 Å². The molecular formula is C31H48O4Si. The molecule has 1 aliphatic rings. The first-order chi connectivity index (χ1) is 16.6. The molecule has 1 N–H and O–H groups in total. The fraction of sp³-hybridized carbons (Fsp3) is 0.516. The summed E-state index contributed by atoms with van der Waals surface area (Å²) in [5.74, 6) is -0.365. The molecule has 4 nitrogen and oxygen atoms in total. The van der Waals surface area contributed by atoms with Gasteiger partial charge in [-0.25, -0.2) is 4.79 Å². The molecule has 0 saturated heterocycles. The van der Waals surface area contributed by atoms with Crippen LogP contribution < -0.4 is 0 Å². The van der Waals surface area contributed by atoms with E-state index in [0.29, 0.717) is 0 Å². The summed E-state index contributed by atoms with van der Waals surface area (Å²) in [6.45, 7) is 18.9. The maximum Gasteiger partial charge on any atom is 0.330 e. The predicted molar refractivity (Wildman–Crippen MR) is 155 cm³/mol. The van der Waals surface area contributed by atoms with Crippen LogP contribution in [-0.4, -0.2) is 37.7 Å². The van der Waals surface area contributed by atoms with E-state index in [2.05, 4.69) is 51.2 Å². The van der Waals surface area contributed by atoms with Gasteiger partial charge in [0, 0.05) is 6.08 Å². The lowest BCUT2D eigenvalue weighted by Gasteiger charge is -2.57. The van der Waals surface area contributed by atoms with Crippen molar-refractivity contribution in [3.63, 3.8) is 0 Å². The summed E-state index contributed by atoms with van der Waals surface area (Å²) in [7, 11) is -0.485. The van der Waals surface area contributed by atoms with Gasteiger partial charge in [-0.1, -0.05) is 85.3 Å². The highest BCUT2D eigenvalue weighted by Crippen LogP contribution is 2.52. The molecular weight excluding hydrogens is 464 g/mol. The van der Waals surface area contributed by atoms with Crippen molar-refractivity contribution in [3.8, 4) is 0 Å². The number of rotatable bonds is 10. The lowest BCUT2D eigenvalue weighted by molar-refractivity contribution is -0.185. The third-order valence-electron chi connectivity index (χ3n) is 6.64. The van der Waals surface area contributed by atoms with E-state index in [1.54, 1.807) is 6.08 Å². The molecule has 1 saturated carbocycles. The highest BCUT2D eigenvalue weighted by atomic mass is 28.4. The van der Waals surface area contributed by atoms with E-state index in [4.69, 9.17) is 4.43 Å². The predicted octanol–water partition coefficient (Wildman–Crippen LogP) is 7.77. The minimum Gasteiger partial charge on any atom is -0.466 e. The van der Waals surface area contributed by atoms with E-state index in [1.807, 2.05) is 69.4 Å². The molecule has 0 bridgehead atoms. The van der Waals surface area contributed by atoms with Crippen LogP contribution in [0.2, 0.25) is 19.6 Å². The van der Waals surface area contributed by atoms with Gasteiger partial charge >= 0.3 is 5.97 Å². The molecule has 1 fully saturated rings. The summed E-state index contributed by atoms with van der Waals surface area (Å²) in [6, 6.07) is 0. The average molecular weight is 513 g/mol. The molecule has 0 aromatic carbocycles. The highest BCUT2D eigenvalue weighted by molar-refractivity contribution is 6.69. The Kier molecular flexibility index (Phi) is 11.8. The van der Waals surface area contributed by atoms with Crippen molar-refractivity contribution < 1.29 is 19.1 Å². The lowest BCUT2D eigenvalue weighted by Crippen LogP contribution is -2.65. The molecule has 0 spiro atoms. The topological polar surface area (TPSA) is 55.8 Å². The van der Waals surface area contributed by atoms with Gasteiger partial charge in [0.1, 0.15) is 5.60 Å². The average Bonchev–Trinajstić information content (AvgIpc) is 2.76. The van der Waals surface area contributed by atoms with Gasteiger partial charge in [-0.2, -0.15) is 0 Å². The fourth-order valence-electron chi connectivity index (χ4n) is 4.62. The van der Waals surface area contributed by atoms with E-state index in [0.717, 1.165) is 36.0 Å².